The number of aryl methyl sites for hydroxylation is 1. The Hall–Kier alpha value is -3.20. The molecule has 0 bridgehead atoms. The first-order valence-corrected chi connectivity index (χ1v) is 9.81. The van der Waals surface area contributed by atoms with Gasteiger partial charge in [0.05, 0.1) is 12.8 Å². The summed E-state index contributed by atoms with van der Waals surface area (Å²) in [7, 11) is 1.49. The lowest BCUT2D eigenvalue weighted by molar-refractivity contribution is -0.112. The molecule has 3 aromatic rings. The summed E-state index contributed by atoms with van der Waals surface area (Å²) in [5, 5.41) is 13.4. The van der Waals surface area contributed by atoms with E-state index < -0.39 is 5.91 Å². The van der Waals surface area contributed by atoms with Crippen LogP contribution in [0.4, 0.5) is 5.69 Å². The molecule has 0 fully saturated rings. The zero-order valence-corrected chi connectivity index (χ0v) is 18.2. The van der Waals surface area contributed by atoms with Gasteiger partial charge >= 0.3 is 0 Å². The van der Waals surface area contributed by atoms with Gasteiger partial charge in [0, 0.05) is 27.1 Å². The van der Waals surface area contributed by atoms with Gasteiger partial charge in [-0.3, -0.25) is 4.79 Å². The summed E-state index contributed by atoms with van der Waals surface area (Å²) in [4.78, 5) is 12.7. The zero-order valence-electron chi connectivity index (χ0n) is 16.7. The van der Waals surface area contributed by atoms with Gasteiger partial charge in [-0.15, -0.1) is 0 Å². The Balaban J connectivity index is 1.94. The van der Waals surface area contributed by atoms with Crippen molar-refractivity contribution in [3.63, 3.8) is 0 Å². The Morgan fingerprint density at radius 2 is 1.77 bits per heavy atom. The number of nitriles is 1. The number of anilines is 1. The van der Waals surface area contributed by atoms with E-state index in [1.807, 2.05) is 54.8 Å². The van der Waals surface area contributed by atoms with Gasteiger partial charge in [-0.2, -0.15) is 5.26 Å². The number of rotatable bonds is 5. The molecule has 5 nitrogen and oxygen atoms in total. The molecule has 0 aliphatic rings. The molecule has 152 valence electrons. The van der Waals surface area contributed by atoms with Crippen LogP contribution in [0.1, 0.15) is 17.0 Å². The number of nitrogens with one attached hydrogen (secondary N) is 1. The van der Waals surface area contributed by atoms with Crippen LogP contribution in [-0.2, 0) is 4.79 Å². The van der Waals surface area contributed by atoms with Crippen molar-refractivity contribution in [3.05, 3.63) is 81.1 Å². The topological polar surface area (TPSA) is 67.0 Å². The molecule has 0 atom stereocenters. The van der Waals surface area contributed by atoms with Crippen molar-refractivity contribution in [2.75, 3.05) is 12.4 Å². The van der Waals surface area contributed by atoms with Crippen molar-refractivity contribution in [2.24, 2.45) is 0 Å². The number of methoxy groups -OCH3 is 1. The Labute approximate surface area is 185 Å². The van der Waals surface area contributed by atoms with Gasteiger partial charge in [0.1, 0.15) is 17.4 Å². The highest BCUT2D eigenvalue weighted by Crippen LogP contribution is 2.29. The summed E-state index contributed by atoms with van der Waals surface area (Å²) in [5.41, 5.74) is 3.94. The number of ether oxygens (including phenoxy) is 1. The number of benzene rings is 2. The van der Waals surface area contributed by atoms with Crippen molar-refractivity contribution in [1.29, 1.82) is 5.26 Å². The molecule has 0 aliphatic carbocycles. The van der Waals surface area contributed by atoms with E-state index in [0.29, 0.717) is 21.5 Å². The van der Waals surface area contributed by atoms with E-state index in [1.54, 1.807) is 24.3 Å². The van der Waals surface area contributed by atoms with Crippen LogP contribution in [0.25, 0.3) is 11.8 Å². The molecule has 1 heterocycles. The average Bonchev–Trinajstić information content (AvgIpc) is 3.00. The molecule has 30 heavy (non-hydrogen) atoms. The quantitative estimate of drug-likeness (QED) is 0.394. The van der Waals surface area contributed by atoms with E-state index in [-0.39, 0.29) is 5.57 Å². The van der Waals surface area contributed by atoms with Crippen molar-refractivity contribution in [2.45, 2.75) is 13.8 Å². The SMILES string of the molecule is COc1ccc(Cl)cc1NC(=O)/C(C#N)=C/c1cc(C)n(-c2ccc(Cl)cc2)c1C. The van der Waals surface area contributed by atoms with E-state index in [1.165, 1.54) is 7.11 Å². The molecule has 0 unspecified atom stereocenters. The maximum Gasteiger partial charge on any atom is 0.266 e. The molecule has 0 saturated heterocycles. The monoisotopic (exact) mass is 439 g/mol. The third kappa shape index (κ3) is 4.51. The average molecular weight is 440 g/mol. The van der Waals surface area contributed by atoms with Crippen LogP contribution < -0.4 is 10.1 Å². The normalized spacial score (nSPS) is 11.1. The number of hydrogen-bond acceptors (Lipinski definition) is 3. The number of carbonyl (C=O) groups excluding carboxylic acids is 1. The van der Waals surface area contributed by atoms with E-state index in [4.69, 9.17) is 27.9 Å². The van der Waals surface area contributed by atoms with Crippen molar-refractivity contribution < 1.29 is 9.53 Å². The third-order valence-corrected chi connectivity index (χ3v) is 5.12. The van der Waals surface area contributed by atoms with Gasteiger partial charge in [0.25, 0.3) is 5.91 Å². The molecule has 1 aromatic heterocycles. The van der Waals surface area contributed by atoms with Crippen molar-refractivity contribution in [3.8, 4) is 17.5 Å². The minimum absolute atomic E-state index is 0.0339. The molecule has 0 spiro atoms. The van der Waals surface area contributed by atoms with Gasteiger partial charge in [0.15, 0.2) is 0 Å². The predicted octanol–water partition coefficient (Wildman–Crippen LogP) is 5.96. The van der Waals surface area contributed by atoms with E-state index in [2.05, 4.69) is 5.32 Å². The fourth-order valence-corrected chi connectivity index (χ4v) is 3.49. The number of nitrogens with zero attached hydrogens (tertiary/aromatic N) is 2. The molecular formula is C23H19Cl2N3O2. The fourth-order valence-electron chi connectivity index (χ4n) is 3.19. The van der Waals surface area contributed by atoms with Gasteiger partial charge in [-0.1, -0.05) is 23.2 Å². The highest BCUT2D eigenvalue weighted by Gasteiger charge is 2.16. The molecule has 0 saturated carbocycles. The summed E-state index contributed by atoms with van der Waals surface area (Å²) < 4.78 is 7.28. The minimum atomic E-state index is -0.547. The fraction of sp³-hybridized carbons (Fsp3) is 0.130. The largest absolute Gasteiger partial charge is 0.495 e. The molecule has 3 rings (SSSR count). The summed E-state index contributed by atoms with van der Waals surface area (Å²) in [6.07, 6.45) is 1.57. The molecule has 0 radical (unpaired) electrons. The van der Waals surface area contributed by atoms with Crippen LogP contribution in [0, 0.1) is 25.2 Å². The second-order valence-corrected chi connectivity index (χ2v) is 7.48. The molecule has 7 heteroatoms. The van der Waals surface area contributed by atoms with Gasteiger partial charge in [-0.25, -0.2) is 0 Å². The van der Waals surface area contributed by atoms with Crippen LogP contribution in [0.3, 0.4) is 0 Å². The lowest BCUT2D eigenvalue weighted by Gasteiger charge is -2.10. The first-order valence-electron chi connectivity index (χ1n) is 9.05. The predicted molar refractivity (Wildman–Crippen MR) is 120 cm³/mol. The standard InChI is InChI=1S/C23H19Cl2N3O2/c1-14-10-16(15(2)28(14)20-7-4-18(24)5-8-20)11-17(13-26)23(29)27-21-12-19(25)6-9-22(21)30-3/h4-12H,1-3H3,(H,27,29)/b17-11+. The van der Waals surface area contributed by atoms with E-state index >= 15 is 0 Å². The Morgan fingerprint density at radius 3 is 2.40 bits per heavy atom. The molecule has 0 aliphatic heterocycles. The molecule has 2 aromatic carbocycles. The summed E-state index contributed by atoms with van der Waals surface area (Å²) in [5.74, 6) is -0.0969. The summed E-state index contributed by atoms with van der Waals surface area (Å²) in [6, 6.07) is 16.2. The Bertz CT molecular complexity index is 1170. The second-order valence-electron chi connectivity index (χ2n) is 6.61. The lowest BCUT2D eigenvalue weighted by atomic mass is 10.1. The number of carbonyl (C=O) groups is 1. The number of hydrogen-bond donors (Lipinski definition) is 1. The highest BCUT2D eigenvalue weighted by molar-refractivity contribution is 6.31. The first kappa shape index (κ1) is 21.5. The highest BCUT2D eigenvalue weighted by atomic mass is 35.5. The Morgan fingerprint density at radius 1 is 1.10 bits per heavy atom. The van der Waals surface area contributed by atoms with Crippen LogP contribution in [0.15, 0.2) is 54.1 Å². The van der Waals surface area contributed by atoms with E-state index in [9.17, 15) is 10.1 Å². The number of amides is 1. The maximum absolute atomic E-state index is 12.7. The van der Waals surface area contributed by atoms with Gasteiger partial charge in [0.2, 0.25) is 0 Å². The van der Waals surface area contributed by atoms with Crippen LogP contribution >= 0.6 is 23.2 Å². The van der Waals surface area contributed by atoms with Crippen molar-refractivity contribution in [1.82, 2.24) is 4.57 Å². The minimum Gasteiger partial charge on any atom is -0.495 e. The van der Waals surface area contributed by atoms with E-state index in [0.717, 1.165) is 22.6 Å². The van der Waals surface area contributed by atoms with Crippen LogP contribution in [0.2, 0.25) is 10.0 Å². The smallest absolute Gasteiger partial charge is 0.266 e. The molecule has 1 amide bonds. The number of aromatic nitrogens is 1. The van der Waals surface area contributed by atoms with Crippen LogP contribution in [-0.4, -0.2) is 17.6 Å². The second kappa shape index (κ2) is 9.08. The first-order chi connectivity index (χ1) is 14.3. The van der Waals surface area contributed by atoms with Crippen molar-refractivity contribution >= 4 is 40.9 Å². The van der Waals surface area contributed by atoms with Gasteiger partial charge in [-0.05, 0) is 74.0 Å². The number of halogens is 2. The lowest BCUT2D eigenvalue weighted by Crippen LogP contribution is -2.14. The molecule has 1 N–H and O–H groups in total. The summed E-state index contributed by atoms with van der Waals surface area (Å²) >= 11 is 12.0. The van der Waals surface area contributed by atoms with Gasteiger partial charge < -0.3 is 14.6 Å². The summed E-state index contributed by atoms with van der Waals surface area (Å²) in [6.45, 7) is 3.89. The van der Waals surface area contributed by atoms with Crippen LogP contribution in [0.5, 0.6) is 5.75 Å². The zero-order chi connectivity index (χ0) is 21.8. The molecular weight excluding hydrogens is 421 g/mol. The third-order valence-electron chi connectivity index (χ3n) is 4.63. The maximum atomic E-state index is 12.7. The Kier molecular flexibility index (Phi) is 6.51.